The Morgan fingerprint density at radius 3 is 2.62 bits per heavy atom. The molecule has 0 N–H and O–H groups in total. The second-order valence-electron chi connectivity index (χ2n) is 4.00. The number of halogens is 1. The lowest BCUT2D eigenvalue weighted by Crippen LogP contribution is -2.40. The Bertz CT molecular complexity index is 393. The first kappa shape index (κ1) is 12.9. The Morgan fingerprint density at radius 1 is 1.50 bits per heavy atom. The second kappa shape index (κ2) is 4.80. The highest BCUT2D eigenvalue weighted by atomic mass is 35.5. The summed E-state index contributed by atoms with van der Waals surface area (Å²) >= 11 is 5.85. The minimum absolute atomic E-state index is 0.154. The predicted octanol–water partition coefficient (Wildman–Crippen LogP) is 2.03. The molecule has 1 amide bonds. The first-order chi connectivity index (χ1) is 7.39. The largest absolute Gasteiger partial charge is 0.275 e. The fourth-order valence-corrected chi connectivity index (χ4v) is 1.53. The fourth-order valence-electron chi connectivity index (χ4n) is 1.35. The summed E-state index contributed by atoms with van der Waals surface area (Å²) in [6.07, 6.45) is 3.17. The highest BCUT2D eigenvalue weighted by molar-refractivity contribution is 6.30. The summed E-state index contributed by atoms with van der Waals surface area (Å²) in [4.78, 5) is 20.9. The molecule has 0 atom stereocenters. The van der Waals surface area contributed by atoms with E-state index in [2.05, 4.69) is 4.98 Å². The van der Waals surface area contributed by atoms with Gasteiger partial charge in [0.25, 0.3) is 5.91 Å². The van der Waals surface area contributed by atoms with Gasteiger partial charge in [0.1, 0.15) is 0 Å². The molecule has 1 heterocycles. The van der Waals surface area contributed by atoms with Crippen molar-refractivity contribution in [2.24, 2.45) is 0 Å². The molecular weight excluding hydrogens is 228 g/mol. The standard InChI is InChI=1S/C11H15ClN2O2/c1-11(2,10(15)14(3)16-4)8-5-9(12)7-13-6-8/h5-7H,1-4H3. The summed E-state index contributed by atoms with van der Waals surface area (Å²) in [5.74, 6) is -0.154. The maximum atomic E-state index is 12.0. The molecule has 16 heavy (non-hydrogen) atoms. The summed E-state index contributed by atoms with van der Waals surface area (Å²) in [5.41, 5.74) is 0.0387. The van der Waals surface area contributed by atoms with E-state index in [1.165, 1.54) is 18.4 Å². The molecule has 5 heteroatoms. The lowest BCUT2D eigenvalue weighted by molar-refractivity contribution is -0.174. The van der Waals surface area contributed by atoms with Crippen LogP contribution in [0.25, 0.3) is 0 Å². The summed E-state index contributed by atoms with van der Waals surface area (Å²) in [7, 11) is 3.02. The van der Waals surface area contributed by atoms with Crippen molar-refractivity contribution in [3.8, 4) is 0 Å². The molecule has 88 valence electrons. The monoisotopic (exact) mass is 242 g/mol. The minimum Gasteiger partial charge on any atom is -0.275 e. The number of hydrogen-bond donors (Lipinski definition) is 0. The van der Waals surface area contributed by atoms with Crippen LogP contribution in [0.2, 0.25) is 5.02 Å². The number of hydrogen-bond acceptors (Lipinski definition) is 3. The summed E-state index contributed by atoms with van der Waals surface area (Å²) in [6.45, 7) is 3.61. The molecule has 0 aliphatic rings. The third-order valence-corrected chi connectivity index (χ3v) is 2.73. The summed E-state index contributed by atoms with van der Waals surface area (Å²) < 4.78 is 0. The van der Waals surface area contributed by atoms with Crippen LogP contribution < -0.4 is 0 Å². The highest BCUT2D eigenvalue weighted by Gasteiger charge is 2.33. The van der Waals surface area contributed by atoms with Crippen LogP contribution in [0.3, 0.4) is 0 Å². The molecule has 0 aliphatic heterocycles. The van der Waals surface area contributed by atoms with E-state index in [1.807, 2.05) is 0 Å². The van der Waals surface area contributed by atoms with Gasteiger partial charge >= 0.3 is 0 Å². The van der Waals surface area contributed by atoms with Crippen LogP contribution in [-0.4, -0.2) is 30.1 Å². The summed E-state index contributed by atoms with van der Waals surface area (Å²) in [6, 6.07) is 1.73. The Morgan fingerprint density at radius 2 is 2.12 bits per heavy atom. The Balaban J connectivity index is 3.06. The van der Waals surface area contributed by atoms with Crippen LogP contribution in [0, 0.1) is 0 Å². The Labute approximate surface area is 100 Å². The van der Waals surface area contributed by atoms with Crippen molar-refractivity contribution in [2.75, 3.05) is 14.2 Å². The smallest absolute Gasteiger partial charge is 0.255 e. The van der Waals surface area contributed by atoms with Crippen LogP contribution in [0.15, 0.2) is 18.5 Å². The first-order valence-electron chi connectivity index (χ1n) is 4.83. The Hall–Kier alpha value is -1.13. The molecule has 0 bridgehead atoms. The molecule has 0 saturated carbocycles. The van der Waals surface area contributed by atoms with E-state index >= 15 is 0 Å². The summed E-state index contributed by atoms with van der Waals surface area (Å²) in [5, 5.41) is 1.71. The zero-order valence-corrected chi connectivity index (χ0v) is 10.6. The van der Waals surface area contributed by atoms with Crippen LogP contribution in [0.5, 0.6) is 0 Å². The van der Waals surface area contributed by atoms with Crippen LogP contribution >= 0.6 is 11.6 Å². The lowest BCUT2D eigenvalue weighted by atomic mass is 9.85. The van der Waals surface area contributed by atoms with Gasteiger partial charge in [-0.15, -0.1) is 0 Å². The normalized spacial score (nSPS) is 11.3. The molecule has 1 aromatic heterocycles. The molecule has 0 unspecified atom stereocenters. The van der Waals surface area contributed by atoms with Gasteiger partial charge in [-0.1, -0.05) is 11.6 Å². The maximum absolute atomic E-state index is 12.0. The quantitative estimate of drug-likeness (QED) is 0.762. The molecule has 0 aliphatic carbocycles. The van der Waals surface area contributed by atoms with Gasteiger partial charge in [-0.05, 0) is 25.5 Å². The van der Waals surface area contributed by atoms with E-state index < -0.39 is 5.41 Å². The molecule has 0 aromatic carbocycles. The number of amides is 1. The van der Waals surface area contributed by atoms with E-state index in [0.717, 1.165) is 5.56 Å². The van der Waals surface area contributed by atoms with E-state index in [1.54, 1.807) is 33.2 Å². The molecule has 0 radical (unpaired) electrons. The average molecular weight is 243 g/mol. The van der Waals surface area contributed by atoms with Crippen molar-refractivity contribution in [1.29, 1.82) is 0 Å². The number of carbonyl (C=O) groups is 1. The highest BCUT2D eigenvalue weighted by Crippen LogP contribution is 2.26. The number of likely N-dealkylation sites (N-methyl/N-ethyl adjacent to an activating group) is 1. The number of hydroxylamine groups is 2. The number of aromatic nitrogens is 1. The van der Waals surface area contributed by atoms with Gasteiger partial charge in [-0.3, -0.25) is 14.6 Å². The number of nitrogens with zero attached hydrogens (tertiary/aromatic N) is 2. The molecule has 4 nitrogen and oxygen atoms in total. The van der Waals surface area contributed by atoms with Crippen LogP contribution in [-0.2, 0) is 15.0 Å². The zero-order valence-electron chi connectivity index (χ0n) is 9.82. The van der Waals surface area contributed by atoms with E-state index in [-0.39, 0.29) is 5.91 Å². The number of pyridine rings is 1. The molecule has 1 rings (SSSR count). The molecule has 0 saturated heterocycles. The fraction of sp³-hybridized carbons (Fsp3) is 0.455. The molecular formula is C11H15ClN2O2. The second-order valence-corrected chi connectivity index (χ2v) is 4.44. The van der Waals surface area contributed by atoms with Gasteiger partial charge in [0, 0.05) is 19.4 Å². The SMILES string of the molecule is CON(C)C(=O)C(C)(C)c1cncc(Cl)c1. The topological polar surface area (TPSA) is 42.4 Å². The van der Waals surface area contributed by atoms with Gasteiger partial charge in [0.2, 0.25) is 0 Å². The maximum Gasteiger partial charge on any atom is 0.255 e. The predicted molar refractivity (Wildman–Crippen MR) is 62.1 cm³/mol. The van der Waals surface area contributed by atoms with Gasteiger partial charge < -0.3 is 0 Å². The number of carbonyl (C=O) groups excluding carboxylic acids is 1. The van der Waals surface area contributed by atoms with Gasteiger partial charge in [0.05, 0.1) is 17.5 Å². The molecule has 1 aromatic rings. The third kappa shape index (κ3) is 2.51. The van der Waals surface area contributed by atoms with Crippen molar-refractivity contribution in [2.45, 2.75) is 19.3 Å². The van der Waals surface area contributed by atoms with Crippen LogP contribution in [0.4, 0.5) is 0 Å². The average Bonchev–Trinajstić information content (AvgIpc) is 2.27. The van der Waals surface area contributed by atoms with Crippen molar-refractivity contribution >= 4 is 17.5 Å². The van der Waals surface area contributed by atoms with Gasteiger partial charge in [-0.25, -0.2) is 5.06 Å². The first-order valence-corrected chi connectivity index (χ1v) is 5.20. The lowest BCUT2D eigenvalue weighted by Gasteiger charge is -2.27. The third-order valence-electron chi connectivity index (χ3n) is 2.52. The van der Waals surface area contributed by atoms with Crippen LogP contribution in [0.1, 0.15) is 19.4 Å². The minimum atomic E-state index is -0.720. The molecule has 0 spiro atoms. The molecule has 0 fully saturated rings. The van der Waals surface area contributed by atoms with Gasteiger partial charge in [0.15, 0.2) is 0 Å². The van der Waals surface area contributed by atoms with Crippen molar-refractivity contribution in [3.63, 3.8) is 0 Å². The number of rotatable bonds is 3. The zero-order chi connectivity index (χ0) is 12.3. The van der Waals surface area contributed by atoms with E-state index in [0.29, 0.717) is 5.02 Å². The van der Waals surface area contributed by atoms with Crippen molar-refractivity contribution in [3.05, 3.63) is 29.0 Å². The van der Waals surface area contributed by atoms with Gasteiger partial charge in [-0.2, -0.15) is 0 Å². The van der Waals surface area contributed by atoms with Crippen molar-refractivity contribution in [1.82, 2.24) is 10.0 Å². The van der Waals surface area contributed by atoms with E-state index in [9.17, 15) is 4.79 Å². The Kier molecular flexibility index (Phi) is 3.88. The van der Waals surface area contributed by atoms with E-state index in [4.69, 9.17) is 16.4 Å². The van der Waals surface area contributed by atoms with Crippen molar-refractivity contribution < 1.29 is 9.63 Å².